The number of carbonyl (C=O) groups is 2. The smallest absolute Gasteiger partial charge is 0.321 e. The van der Waals surface area contributed by atoms with Crippen LogP contribution in [0.2, 0.25) is 0 Å². The Hall–Kier alpha value is -3.12. The van der Waals surface area contributed by atoms with E-state index in [1.54, 1.807) is 38.1 Å². The molecule has 0 aliphatic heterocycles. The lowest BCUT2D eigenvalue weighted by atomic mass is 10.1. The molecule has 0 fully saturated rings. The molecular weight excluding hydrogens is 608 g/mol. The fraction of sp³-hybridized carbons (Fsp3) is 0.562. The Morgan fingerprint density at radius 3 is 1.09 bits per heavy atom. The Labute approximate surface area is 263 Å². The fourth-order valence-corrected chi connectivity index (χ4v) is 6.07. The van der Waals surface area contributed by atoms with E-state index < -0.39 is 43.1 Å². The second-order valence-electron chi connectivity index (χ2n) is 10.1. The number of rotatable bonds is 18. The van der Waals surface area contributed by atoms with Crippen molar-refractivity contribution in [3.63, 3.8) is 0 Å². The summed E-state index contributed by atoms with van der Waals surface area (Å²) in [6.45, 7) is 13.3. The van der Waals surface area contributed by atoms with Crippen LogP contribution in [-0.4, -0.2) is 66.7 Å². The standard InChI is InChI=1S/2C16H24O5S/c2*1-4-13(5-2)11-21-14-7-9-15(10-8-14)22(18,19)12-16(17)20-6-3/h2*7-10,13H,4-6,11-12H2,1-3H3. The lowest BCUT2D eigenvalue weighted by Crippen LogP contribution is -2.18. The van der Waals surface area contributed by atoms with Crippen LogP contribution in [0.3, 0.4) is 0 Å². The molecule has 0 unspecified atom stereocenters. The second kappa shape index (κ2) is 20.0. The zero-order valence-corrected chi connectivity index (χ0v) is 28.4. The summed E-state index contributed by atoms with van der Waals surface area (Å²) in [4.78, 5) is 22.8. The van der Waals surface area contributed by atoms with Crippen molar-refractivity contribution in [3.05, 3.63) is 48.5 Å². The van der Waals surface area contributed by atoms with Gasteiger partial charge in [-0.2, -0.15) is 0 Å². The van der Waals surface area contributed by atoms with Gasteiger partial charge in [0.1, 0.15) is 11.5 Å². The van der Waals surface area contributed by atoms with Gasteiger partial charge in [-0.25, -0.2) is 16.8 Å². The first-order valence-electron chi connectivity index (χ1n) is 15.1. The predicted octanol–water partition coefficient (Wildman–Crippen LogP) is 5.68. The molecule has 0 saturated heterocycles. The van der Waals surface area contributed by atoms with Crippen LogP contribution in [0.15, 0.2) is 58.3 Å². The second-order valence-corrected chi connectivity index (χ2v) is 14.0. The maximum atomic E-state index is 12.0. The molecule has 2 rings (SSSR count). The van der Waals surface area contributed by atoms with Crippen molar-refractivity contribution < 1.29 is 45.4 Å². The van der Waals surface area contributed by atoms with Gasteiger partial charge in [0.2, 0.25) is 0 Å². The van der Waals surface area contributed by atoms with E-state index in [0.29, 0.717) is 36.5 Å². The number of benzene rings is 2. The van der Waals surface area contributed by atoms with Gasteiger partial charge in [-0.3, -0.25) is 9.59 Å². The first-order valence-corrected chi connectivity index (χ1v) is 18.4. The number of esters is 2. The lowest BCUT2D eigenvalue weighted by molar-refractivity contribution is -0.140. The zero-order chi connectivity index (χ0) is 33.2. The van der Waals surface area contributed by atoms with Crippen LogP contribution < -0.4 is 9.47 Å². The monoisotopic (exact) mass is 656 g/mol. The molecule has 12 heteroatoms. The fourth-order valence-electron chi connectivity index (χ4n) is 3.85. The number of hydrogen-bond acceptors (Lipinski definition) is 10. The molecule has 10 nitrogen and oxygen atoms in total. The molecule has 2 aromatic rings. The van der Waals surface area contributed by atoms with E-state index in [2.05, 4.69) is 37.2 Å². The highest BCUT2D eigenvalue weighted by Crippen LogP contribution is 2.20. The van der Waals surface area contributed by atoms with E-state index in [4.69, 9.17) is 9.47 Å². The number of carbonyl (C=O) groups excluding carboxylic acids is 2. The third-order valence-electron chi connectivity index (χ3n) is 6.87. The molecule has 0 atom stereocenters. The van der Waals surface area contributed by atoms with E-state index in [0.717, 1.165) is 25.7 Å². The highest BCUT2D eigenvalue weighted by molar-refractivity contribution is 7.92. The predicted molar refractivity (Wildman–Crippen MR) is 169 cm³/mol. The van der Waals surface area contributed by atoms with Gasteiger partial charge in [0.05, 0.1) is 36.2 Å². The highest BCUT2D eigenvalue weighted by atomic mass is 32.2. The Balaban J connectivity index is 0.000000440. The Kier molecular flexibility index (Phi) is 17.7. The quantitative estimate of drug-likeness (QED) is 0.184. The summed E-state index contributed by atoms with van der Waals surface area (Å²) in [5.41, 5.74) is 0. The minimum atomic E-state index is -3.67. The molecule has 44 heavy (non-hydrogen) atoms. The Bertz CT molecular complexity index is 1220. The van der Waals surface area contributed by atoms with Gasteiger partial charge < -0.3 is 18.9 Å². The SMILES string of the molecule is CCOC(=O)CS(=O)(=O)c1ccc(OCC(CC)CC)cc1.CCOC(=O)CS(=O)(=O)c1ccc(OCC(CC)CC)cc1. The third kappa shape index (κ3) is 14.1. The van der Waals surface area contributed by atoms with E-state index in [-0.39, 0.29) is 23.0 Å². The van der Waals surface area contributed by atoms with Crippen LogP contribution >= 0.6 is 0 Å². The zero-order valence-electron chi connectivity index (χ0n) is 26.7. The van der Waals surface area contributed by atoms with Crippen molar-refractivity contribution in [2.75, 3.05) is 37.9 Å². The maximum Gasteiger partial charge on any atom is 0.321 e. The van der Waals surface area contributed by atoms with Crippen LogP contribution in [0.4, 0.5) is 0 Å². The minimum absolute atomic E-state index is 0.0930. The van der Waals surface area contributed by atoms with Crippen molar-refractivity contribution in [1.29, 1.82) is 0 Å². The molecule has 0 saturated carbocycles. The lowest BCUT2D eigenvalue weighted by Gasteiger charge is -2.14. The average molecular weight is 657 g/mol. The molecule has 0 N–H and O–H groups in total. The molecule has 0 aliphatic carbocycles. The minimum Gasteiger partial charge on any atom is -0.493 e. The van der Waals surface area contributed by atoms with Crippen LogP contribution in [0.1, 0.15) is 67.2 Å². The van der Waals surface area contributed by atoms with Crippen molar-refractivity contribution in [1.82, 2.24) is 0 Å². The largest absolute Gasteiger partial charge is 0.493 e. The molecule has 248 valence electrons. The number of ether oxygens (including phenoxy) is 4. The summed E-state index contributed by atoms with van der Waals surface area (Å²) in [7, 11) is -7.34. The van der Waals surface area contributed by atoms with Crippen LogP contribution in [0.5, 0.6) is 11.5 Å². The topological polar surface area (TPSA) is 139 Å². The van der Waals surface area contributed by atoms with Crippen LogP contribution in [0, 0.1) is 11.8 Å². The Morgan fingerprint density at radius 2 is 0.841 bits per heavy atom. The van der Waals surface area contributed by atoms with Gasteiger partial charge in [0, 0.05) is 0 Å². The van der Waals surface area contributed by atoms with Gasteiger partial charge >= 0.3 is 11.9 Å². The normalized spacial score (nSPS) is 11.5. The van der Waals surface area contributed by atoms with E-state index in [9.17, 15) is 26.4 Å². The van der Waals surface area contributed by atoms with E-state index >= 15 is 0 Å². The van der Waals surface area contributed by atoms with Crippen molar-refractivity contribution in [2.45, 2.75) is 77.0 Å². The van der Waals surface area contributed by atoms with Crippen LogP contribution in [0.25, 0.3) is 0 Å². The third-order valence-corrected chi connectivity index (χ3v) is 10.1. The molecule has 0 spiro atoms. The molecule has 0 amide bonds. The summed E-state index contributed by atoms with van der Waals surface area (Å²) in [5, 5.41) is 0. The molecule has 0 bridgehead atoms. The molecule has 2 aromatic carbocycles. The summed E-state index contributed by atoms with van der Waals surface area (Å²) >= 11 is 0. The van der Waals surface area contributed by atoms with Gasteiger partial charge in [0.15, 0.2) is 31.2 Å². The van der Waals surface area contributed by atoms with Crippen molar-refractivity contribution >= 4 is 31.6 Å². The van der Waals surface area contributed by atoms with E-state index in [1.165, 1.54) is 24.3 Å². The highest BCUT2D eigenvalue weighted by Gasteiger charge is 2.21. The molecule has 0 aromatic heterocycles. The molecule has 0 radical (unpaired) electrons. The molecule has 0 aliphatic rings. The Morgan fingerprint density at radius 1 is 0.545 bits per heavy atom. The van der Waals surface area contributed by atoms with Gasteiger partial charge in [-0.05, 0) is 74.2 Å². The summed E-state index contributed by atoms with van der Waals surface area (Å²) in [6.07, 6.45) is 4.18. The summed E-state index contributed by atoms with van der Waals surface area (Å²) < 4.78 is 68.8. The average Bonchev–Trinajstić information content (AvgIpc) is 2.99. The molecular formula is C32H48O10S2. The number of hydrogen-bond donors (Lipinski definition) is 0. The van der Waals surface area contributed by atoms with Crippen molar-refractivity contribution in [3.8, 4) is 11.5 Å². The number of sulfone groups is 2. The van der Waals surface area contributed by atoms with E-state index in [1.807, 2.05) is 0 Å². The molecule has 0 heterocycles. The summed E-state index contributed by atoms with van der Waals surface area (Å²) in [6, 6.07) is 12.3. The van der Waals surface area contributed by atoms with Crippen molar-refractivity contribution in [2.24, 2.45) is 11.8 Å². The van der Waals surface area contributed by atoms with Gasteiger partial charge in [-0.15, -0.1) is 0 Å². The van der Waals surface area contributed by atoms with Gasteiger partial charge in [0.25, 0.3) is 0 Å². The van der Waals surface area contributed by atoms with Crippen LogP contribution in [-0.2, 0) is 38.7 Å². The maximum absolute atomic E-state index is 12.0. The summed E-state index contributed by atoms with van der Waals surface area (Å²) in [5.74, 6) is -0.527. The van der Waals surface area contributed by atoms with Gasteiger partial charge in [-0.1, -0.05) is 53.4 Å². The first-order chi connectivity index (χ1) is 20.8. The first kappa shape index (κ1) is 38.9.